The lowest BCUT2D eigenvalue weighted by Gasteiger charge is -2.29. The van der Waals surface area contributed by atoms with E-state index in [2.05, 4.69) is 20.2 Å². The first kappa shape index (κ1) is 22.9. The number of hydrogen-bond donors (Lipinski definition) is 3. The van der Waals surface area contributed by atoms with Crippen LogP contribution in [0.4, 0.5) is 17.6 Å². The molecule has 1 saturated carbocycles. The number of rotatable bonds is 6. The number of nitrogens with one attached hydrogen (secondary N) is 2. The molecule has 0 atom stereocenters. The largest absolute Gasteiger partial charge is 0.381 e. The van der Waals surface area contributed by atoms with Crippen LogP contribution >= 0.6 is 11.6 Å². The van der Waals surface area contributed by atoms with E-state index in [1.54, 1.807) is 6.20 Å². The molecule has 4 N–H and O–H groups in total. The molecule has 2 aliphatic rings. The predicted octanol–water partition coefficient (Wildman–Crippen LogP) is 4.34. The van der Waals surface area contributed by atoms with E-state index in [0.29, 0.717) is 23.0 Å². The molecule has 180 valence electrons. The number of hydrogen-bond acceptors (Lipinski definition) is 7. The maximum absolute atomic E-state index is 11.7. The fourth-order valence-electron chi connectivity index (χ4n) is 4.90. The minimum absolute atomic E-state index is 0.0713. The van der Waals surface area contributed by atoms with E-state index in [1.165, 1.54) is 0 Å². The highest BCUT2D eigenvalue weighted by atomic mass is 35.5. The normalized spacial score (nSPS) is 21.5. The van der Waals surface area contributed by atoms with Gasteiger partial charge in [-0.05, 0) is 63.1 Å². The zero-order chi connectivity index (χ0) is 23.7. The molecule has 0 radical (unpaired) electrons. The van der Waals surface area contributed by atoms with Crippen molar-refractivity contribution in [1.29, 1.82) is 0 Å². The van der Waals surface area contributed by atoms with Crippen molar-refractivity contribution in [3.05, 3.63) is 35.0 Å². The molecule has 1 saturated heterocycles. The van der Waals surface area contributed by atoms with E-state index in [-0.39, 0.29) is 17.9 Å². The van der Waals surface area contributed by atoms with Crippen molar-refractivity contribution in [2.45, 2.75) is 57.5 Å². The predicted molar refractivity (Wildman–Crippen MR) is 132 cm³/mol. The Kier molecular flexibility index (Phi) is 6.56. The number of ether oxygens (including phenoxy) is 1. The second-order valence-corrected chi connectivity index (χ2v) is 9.59. The second kappa shape index (κ2) is 9.76. The Bertz CT molecular complexity index is 1180. The lowest BCUT2D eigenvalue weighted by atomic mass is 9.85. The molecule has 3 heterocycles. The van der Waals surface area contributed by atoms with Gasteiger partial charge in [0.1, 0.15) is 5.52 Å². The van der Waals surface area contributed by atoms with Crippen molar-refractivity contribution in [2.24, 2.45) is 11.7 Å². The summed E-state index contributed by atoms with van der Waals surface area (Å²) >= 11 is 6.36. The van der Waals surface area contributed by atoms with Gasteiger partial charge >= 0.3 is 0 Å². The summed E-state index contributed by atoms with van der Waals surface area (Å²) in [7, 11) is 0. The minimum atomic E-state index is -0.216. The molecule has 34 heavy (non-hydrogen) atoms. The molecule has 5 rings (SSSR count). The van der Waals surface area contributed by atoms with Gasteiger partial charge in [-0.15, -0.1) is 0 Å². The Morgan fingerprint density at radius 3 is 2.65 bits per heavy atom. The molecule has 3 aromatic rings. The molecule has 0 spiro atoms. The molecule has 1 amide bonds. The summed E-state index contributed by atoms with van der Waals surface area (Å²) in [5.41, 5.74) is 8.91. The number of aromatic nitrogens is 4. The molecular formula is C24H30ClN7O2. The van der Waals surface area contributed by atoms with Crippen molar-refractivity contribution < 1.29 is 9.53 Å². The van der Waals surface area contributed by atoms with Crippen molar-refractivity contribution in [1.82, 2.24) is 19.5 Å². The maximum atomic E-state index is 11.7. The van der Waals surface area contributed by atoms with Crippen LogP contribution in [-0.4, -0.2) is 44.7 Å². The van der Waals surface area contributed by atoms with E-state index < -0.39 is 0 Å². The highest BCUT2D eigenvalue weighted by Crippen LogP contribution is 2.37. The van der Waals surface area contributed by atoms with Gasteiger partial charge in [0.2, 0.25) is 17.8 Å². The number of imidazole rings is 1. The highest BCUT2D eigenvalue weighted by Gasteiger charge is 2.29. The van der Waals surface area contributed by atoms with E-state index in [1.807, 2.05) is 25.1 Å². The van der Waals surface area contributed by atoms with Crippen LogP contribution in [0.5, 0.6) is 0 Å². The summed E-state index contributed by atoms with van der Waals surface area (Å²) in [6, 6.07) is 6.21. The number of benzene rings is 1. The van der Waals surface area contributed by atoms with Gasteiger partial charge in [0.05, 0.1) is 6.20 Å². The Balaban J connectivity index is 1.51. The Morgan fingerprint density at radius 2 is 1.91 bits per heavy atom. The first-order chi connectivity index (χ1) is 16.5. The van der Waals surface area contributed by atoms with Gasteiger partial charge in [-0.3, -0.25) is 9.36 Å². The summed E-state index contributed by atoms with van der Waals surface area (Å²) in [6.45, 7) is 3.47. The highest BCUT2D eigenvalue weighted by molar-refractivity contribution is 6.31. The molecule has 1 aliphatic carbocycles. The maximum Gasteiger partial charge on any atom is 0.224 e. The number of anilines is 3. The number of halogens is 1. The summed E-state index contributed by atoms with van der Waals surface area (Å²) in [5.74, 6) is 1.00. The lowest BCUT2D eigenvalue weighted by Crippen LogP contribution is -2.29. The molecule has 1 aromatic carbocycles. The molecule has 10 heteroatoms. The van der Waals surface area contributed by atoms with Crippen LogP contribution in [0.15, 0.2) is 24.4 Å². The van der Waals surface area contributed by atoms with Crippen LogP contribution in [0.1, 0.15) is 50.1 Å². The number of amides is 1. The smallest absolute Gasteiger partial charge is 0.224 e. The van der Waals surface area contributed by atoms with Crippen molar-refractivity contribution >= 4 is 46.3 Å². The monoisotopic (exact) mass is 483 g/mol. The molecule has 2 aromatic heterocycles. The Labute approximate surface area is 203 Å². The van der Waals surface area contributed by atoms with Crippen LogP contribution in [0.3, 0.4) is 0 Å². The van der Waals surface area contributed by atoms with Crippen LogP contribution < -0.4 is 16.4 Å². The summed E-state index contributed by atoms with van der Waals surface area (Å²) in [4.78, 5) is 26.0. The van der Waals surface area contributed by atoms with Gasteiger partial charge in [-0.25, -0.2) is 9.97 Å². The van der Waals surface area contributed by atoms with E-state index in [0.717, 1.165) is 74.2 Å². The van der Waals surface area contributed by atoms with Gasteiger partial charge in [0.15, 0.2) is 5.65 Å². The van der Waals surface area contributed by atoms with Crippen LogP contribution in [0.25, 0.3) is 11.2 Å². The van der Waals surface area contributed by atoms with E-state index >= 15 is 0 Å². The van der Waals surface area contributed by atoms with Crippen molar-refractivity contribution in [2.75, 3.05) is 23.8 Å². The van der Waals surface area contributed by atoms with Gasteiger partial charge < -0.3 is 21.1 Å². The second-order valence-electron chi connectivity index (χ2n) is 9.18. The van der Waals surface area contributed by atoms with Crippen LogP contribution in [0.2, 0.25) is 5.02 Å². The fraction of sp³-hybridized carbons (Fsp3) is 0.500. The third kappa shape index (κ3) is 4.67. The average molecular weight is 484 g/mol. The van der Waals surface area contributed by atoms with Gasteiger partial charge in [-0.1, -0.05) is 17.7 Å². The van der Waals surface area contributed by atoms with Gasteiger partial charge in [0, 0.05) is 41.9 Å². The summed E-state index contributed by atoms with van der Waals surface area (Å²) < 4.78 is 7.62. The zero-order valence-electron chi connectivity index (χ0n) is 19.3. The first-order valence-corrected chi connectivity index (χ1v) is 12.3. The quantitative estimate of drug-likeness (QED) is 0.477. The molecule has 0 bridgehead atoms. The number of nitrogens with two attached hydrogens (primary N) is 1. The summed E-state index contributed by atoms with van der Waals surface area (Å²) in [5, 5.41) is 7.62. The fourth-order valence-corrected chi connectivity index (χ4v) is 5.08. The standard InChI is InChI=1S/C24H30ClN7O2/c1-14-18(25)3-2-4-19(14)29-24-30-20-13-27-23(28-16-9-11-34-12-10-16)31-22(20)32(24)17-7-5-15(6-8-17)21(26)33/h2-4,13,15-17H,5-12H2,1H3,(H2,26,33)(H,29,30)(H,27,28,31)/t15-,17+. The number of carbonyl (C=O) groups is 1. The van der Waals surface area contributed by atoms with Crippen LogP contribution in [0, 0.1) is 12.8 Å². The molecule has 1 aliphatic heterocycles. The van der Waals surface area contributed by atoms with E-state index in [4.69, 9.17) is 32.0 Å². The van der Waals surface area contributed by atoms with Crippen molar-refractivity contribution in [3.63, 3.8) is 0 Å². The third-order valence-corrected chi connectivity index (χ3v) is 7.38. The SMILES string of the molecule is Cc1c(Cl)cccc1Nc1nc2cnc(NC3CCOCC3)nc2n1[C@H]1CC[C@@H](C(N)=O)CC1. The third-order valence-electron chi connectivity index (χ3n) is 6.97. The zero-order valence-corrected chi connectivity index (χ0v) is 20.0. The lowest BCUT2D eigenvalue weighted by molar-refractivity contribution is -0.122. The number of primary amides is 1. The number of nitrogens with zero attached hydrogens (tertiary/aromatic N) is 4. The minimum Gasteiger partial charge on any atom is -0.381 e. The molecule has 9 nitrogen and oxygen atoms in total. The summed E-state index contributed by atoms with van der Waals surface area (Å²) in [6.07, 6.45) is 6.80. The number of carbonyl (C=O) groups excluding carboxylic acids is 1. The Hall–Kier alpha value is -2.91. The first-order valence-electron chi connectivity index (χ1n) is 11.9. The average Bonchev–Trinajstić information content (AvgIpc) is 3.20. The number of fused-ring (bicyclic) bond motifs is 1. The topological polar surface area (TPSA) is 120 Å². The van der Waals surface area contributed by atoms with Crippen molar-refractivity contribution in [3.8, 4) is 0 Å². The van der Waals surface area contributed by atoms with Gasteiger partial charge in [0.25, 0.3) is 0 Å². The Morgan fingerprint density at radius 1 is 1.15 bits per heavy atom. The van der Waals surface area contributed by atoms with E-state index in [9.17, 15) is 4.79 Å². The van der Waals surface area contributed by atoms with Gasteiger partial charge in [-0.2, -0.15) is 4.98 Å². The molecular weight excluding hydrogens is 454 g/mol. The molecule has 0 unspecified atom stereocenters. The molecule has 2 fully saturated rings. The van der Waals surface area contributed by atoms with Crippen LogP contribution in [-0.2, 0) is 9.53 Å².